The molecular weight excluding hydrogens is 544 g/mol. The Morgan fingerprint density at radius 1 is 1.05 bits per heavy atom. The van der Waals surface area contributed by atoms with Crippen LogP contribution in [-0.2, 0) is 19.6 Å². The molecule has 0 saturated carbocycles. The second kappa shape index (κ2) is 13.5. The first-order valence-electron chi connectivity index (χ1n) is 12.6. The molecular formula is C26H34N4O9S. The minimum atomic E-state index is -3.58. The van der Waals surface area contributed by atoms with E-state index in [9.17, 15) is 33.0 Å². The third-order valence-corrected chi connectivity index (χ3v) is 7.15. The zero-order valence-electron chi connectivity index (χ0n) is 21.9. The molecule has 2 atom stereocenters. The van der Waals surface area contributed by atoms with E-state index in [1.165, 1.54) is 18.2 Å². The molecule has 1 aliphatic rings. The molecule has 13 nitrogen and oxygen atoms in total. The third-order valence-electron chi connectivity index (χ3n) is 6.56. The van der Waals surface area contributed by atoms with Gasteiger partial charge in [-0.3, -0.25) is 14.3 Å². The van der Waals surface area contributed by atoms with Crippen molar-refractivity contribution < 1.29 is 43.2 Å². The van der Waals surface area contributed by atoms with Gasteiger partial charge in [-0.15, -0.1) is 0 Å². The SMILES string of the molecule is CS(=O)(=O)Nc1cc([C@@H](O)CNCC2CCN(c3ccc(C(=O)N[C@@H](CC(=O)O)C(=O)O)cc3)CC2)ccc1O. The number of carbonyl (C=O) groups excluding carboxylic acids is 1. The van der Waals surface area contributed by atoms with Crippen molar-refractivity contribution in [3.8, 4) is 5.75 Å². The number of piperidine rings is 1. The fourth-order valence-corrected chi connectivity index (χ4v) is 4.98. The van der Waals surface area contributed by atoms with Crippen LogP contribution >= 0.6 is 0 Å². The number of aliphatic carboxylic acids is 2. The van der Waals surface area contributed by atoms with Gasteiger partial charge in [0.25, 0.3) is 5.91 Å². The number of sulfonamides is 1. The van der Waals surface area contributed by atoms with Crippen molar-refractivity contribution >= 4 is 39.2 Å². The summed E-state index contributed by atoms with van der Waals surface area (Å²) in [5.41, 5.74) is 1.60. The molecule has 1 fully saturated rings. The number of aromatic hydroxyl groups is 1. The second-order valence-electron chi connectivity index (χ2n) is 9.76. The number of hydrogen-bond acceptors (Lipinski definition) is 9. The summed E-state index contributed by atoms with van der Waals surface area (Å²) in [5, 5.41) is 43.8. The number of nitrogens with zero attached hydrogens (tertiary/aromatic N) is 1. The summed E-state index contributed by atoms with van der Waals surface area (Å²) in [6.07, 6.45) is 1.14. The van der Waals surface area contributed by atoms with Crippen LogP contribution in [0.2, 0.25) is 0 Å². The van der Waals surface area contributed by atoms with E-state index in [0.717, 1.165) is 37.9 Å². The minimum absolute atomic E-state index is 0.00252. The first kappa shape index (κ1) is 30.7. The Hall–Kier alpha value is -3.88. The molecule has 3 rings (SSSR count). The van der Waals surface area contributed by atoms with Gasteiger partial charge in [-0.05, 0) is 67.3 Å². The Bertz CT molecular complexity index is 1310. The van der Waals surface area contributed by atoms with Crippen molar-refractivity contribution in [3.63, 3.8) is 0 Å². The van der Waals surface area contributed by atoms with Crippen molar-refractivity contribution in [1.82, 2.24) is 10.6 Å². The van der Waals surface area contributed by atoms with Gasteiger partial charge in [0.15, 0.2) is 0 Å². The Labute approximate surface area is 231 Å². The number of anilines is 2. The van der Waals surface area contributed by atoms with Gasteiger partial charge < -0.3 is 36.0 Å². The highest BCUT2D eigenvalue weighted by Gasteiger charge is 2.24. The van der Waals surface area contributed by atoms with Gasteiger partial charge in [0.05, 0.1) is 24.5 Å². The molecule has 1 amide bonds. The lowest BCUT2D eigenvalue weighted by Gasteiger charge is -2.34. The number of carboxylic acids is 2. The van der Waals surface area contributed by atoms with Crippen LogP contribution in [0.3, 0.4) is 0 Å². The van der Waals surface area contributed by atoms with Gasteiger partial charge >= 0.3 is 11.9 Å². The Kier molecular flexibility index (Phi) is 10.3. The molecule has 2 aromatic rings. The number of phenolic OH excluding ortho intramolecular Hbond substituents is 1. The first-order chi connectivity index (χ1) is 18.8. The molecule has 0 aromatic heterocycles. The van der Waals surface area contributed by atoms with E-state index in [1.54, 1.807) is 24.3 Å². The van der Waals surface area contributed by atoms with Crippen molar-refractivity contribution in [2.24, 2.45) is 5.92 Å². The molecule has 0 spiro atoms. The molecule has 2 aromatic carbocycles. The van der Waals surface area contributed by atoms with Crippen LogP contribution in [0.5, 0.6) is 5.75 Å². The van der Waals surface area contributed by atoms with E-state index in [1.807, 2.05) is 0 Å². The highest BCUT2D eigenvalue weighted by atomic mass is 32.2. The molecule has 14 heteroatoms. The monoisotopic (exact) mass is 578 g/mol. The number of carbonyl (C=O) groups is 3. The average molecular weight is 579 g/mol. The summed E-state index contributed by atoms with van der Waals surface area (Å²) in [6, 6.07) is 9.41. The summed E-state index contributed by atoms with van der Waals surface area (Å²) in [5.74, 6) is -3.27. The number of benzene rings is 2. The molecule has 1 heterocycles. The Balaban J connectivity index is 1.45. The normalized spacial score (nSPS) is 15.7. The lowest BCUT2D eigenvalue weighted by Crippen LogP contribution is -2.42. The van der Waals surface area contributed by atoms with Crippen LogP contribution in [0.25, 0.3) is 0 Å². The quantitative estimate of drug-likeness (QED) is 0.167. The second-order valence-corrected chi connectivity index (χ2v) is 11.5. The fourth-order valence-electron chi connectivity index (χ4n) is 4.42. The maximum absolute atomic E-state index is 12.4. The molecule has 1 saturated heterocycles. The zero-order chi connectivity index (χ0) is 29.4. The molecule has 40 heavy (non-hydrogen) atoms. The number of nitrogens with one attached hydrogen (secondary N) is 3. The summed E-state index contributed by atoms with van der Waals surface area (Å²) < 4.78 is 25.2. The number of phenols is 1. The number of aliphatic hydroxyl groups is 1. The van der Waals surface area contributed by atoms with Crippen LogP contribution in [-0.4, -0.2) is 85.2 Å². The molecule has 0 unspecified atom stereocenters. The van der Waals surface area contributed by atoms with Gasteiger partial charge in [0.2, 0.25) is 10.0 Å². The largest absolute Gasteiger partial charge is 0.506 e. The highest BCUT2D eigenvalue weighted by molar-refractivity contribution is 7.92. The minimum Gasteiger partial charge on any atom is -0.506 e. The van der Waals surface area contributed by atoms with Crippen molar-refractivity contribution in [1.29, 1.82) is 0 Å². The molecule has 7 N–H and O–H groups in total. The van der Waals surface area contributed by atoms with E-state index in [2.05, 4.69) is 20.3 Å². The molecule has 0 aliphatic carbocycles. The fraction of sp³-hybridized carbons (Fsp3) is 0.423. The summed E-state index contributed by atoms with van der Waals surface area (Å²) in [4.78, 5) is 36.5. The molecule has 1 aliphatic heterocycles. The Morgan fingerprint density at radius 3 is 2.27 bits per heavy atom. The van der Waals surface area contributed by atoms with E-state index in [4.69, 9.17) is 10.2 Å². The lowest BCUT2D eigenvalue weighted by atomic mass is 9.96. The summed E-state index contributed by atoms with van der Waals surface area (Å²) >= 11 is 0. The van der Waals surface area contributed by atoms with E-state index in [-0.39, 0.29) is 23.5 Å². The van der Waals surface area contributed by atoms with Crippen LogP contribution in [0.15, 0.2) is 42.5 Å². The van der Waals surface area contributed by atoms with Crippen LogP contribution in [0, 0.1) is 5.92 Å². The maximum Gasteiger partial charge on any atom is 0.326 e. The van der Waals surface area contributed by atoms with Gasteiger partial charge in [-0.1, -0.05) is 6.07 Å². The van der Waals surface area contributed by atoms with Crippen molar-refractivity contribution in [2.45, 2.75) is 31.4 Å². The highest BCUT2D eigenvalue weighted by Crippen LogP contribution is 2.28. The average Bonchev–Trinajstić information content (AvgIpc) is 2.89. The van der Waals surface area contributed by atoms with E-state index >= 15 is 0 Å². The predicted molar refractivity (Wildman–Crippen MR) is 147 cm³/mol. The van der Waals surface area contributed by atoms with Gasteiger partial charge in [0.1, 0.15) is 11.8 Å². The van der Waals surface area contributed by atoms with Crippen LogP contribution < -0.4 is 20.3 Å². The van der Waals surface area contributed by atoms with E-state index in [0.29, 0.717) is 18.0 Å². The number of aliphatic hydroxyl groups excluding tert-OH is 1. The van der Waals surface area contributed by atoms with Gasteiger partial charge in [-0.25, -0.2) is 13.2 Å². The van der Waals surface area contributed by atoms with Gasteiger partial charge in [-0.2, -0.15) is 0 Å². The molecule has 0 bridgehead atoms. The van der Waals surface area contributed by atoms with Crippen LogP contribution in [0.4, 0.5) is 11.4 Å². The zero-order valence-corrected chi connectivity index (χ0v) is 22.7. The van der Waals surface area contributed by atoms with Crippen LogP contribution in [0.1, 0.15) is 41.3 Å². The van der Waals surface area contributed by atoms with Crippen molar-refractivity contribution in [3.05, 3.63) is 53.6 Å². The Morgan fingerprint density at radius 2 is 1.70 bits per heavy atom. The third kappa shape index (κ3) is 9.10. The lowest BCUT2D eigenvalue weighted by molar-refractivity contribution is -0.145. The summed E-state index contributed by atoms with van der Waals surface area (Å²) in [7, 11) is -3.58. The topological polar surface area (TPSA) is 206 Å². The first-order valence-corrected chi connectivity index (χ1v) is 14.5. The maximum atomic E-state index is 12.4. The number of rotatable bonds is 13. The summed E-state index contributed by atoms with van der Waals surface area (Å²) in [6.45, 7) is 2.48. The van der Waals surface area contributed by atoms with E-state index < -0.39 is 46.4 Å². The number of carboxylic acid groups (broad SMARTS) is 2. The molecule has 0 radical (unpaired) electrons. The standard InChI is InChI=1S/C26H34N4O9S/c1-40(38,39)29-20-12-18(4-7-22(20)31)23(32)15-27-14-16-8-10-30(11-9-16)19-5-2-17(3-6-19)25(35)28-21(26(36)37)13-24(33)34/h2-7,12,16,21,23,27,29,31-32H,8-11,13-15H2,1H3,(H,28,35)(H,33,34)(H,36,37)/t21-,23-/m0/s1. The predicted octanol–water partition coefficient (Wildman–Crippen LogP) is 0.961. The molecule has 218 valence electrons. The van der Waals surface area contributed by atoms with Gasteiger partial charge in [0, 0.05) is 30.9 Å². The number of amides is 1. The van der Waals surface area contributed by atoms with Crippen molar-refractivity contribution in [2.75, 3.05) is 42.1 Å². The number of hydrogen-bond donors (Lipinski definition) is 7. The smallest absolute Gasteiger partial charge is 0.326 e.